The first-order valence-electron chi connectivity index (χ1n) is 6.20. The number of thioether (sulfide) groups is 1. The van der Waals surface area contributed by atoms with Gasteiger partial charge in [0.25, 0.3) is 0 Å². The van der Waals surface area contributed by atoms with E-state index in [1.807, 2.05) is 13.8 Å². The van der Waals surface area contributed by atoms with Gasteiger partial charge in [-0.25, -0.2) is 0 Å². The molecule has 1 rings (SSSR count). The second kappa shape index (κ2) is 7.44. The van der Waals surface area contributed by atoms with Crippen molar-refractivity contribution >= 4 is 17.7 Å². The van der Waals surface area contributed by atoms with Gasteiger partial charge in [0.1, 0.15) is 0 Å². The minimum Gasteiger partial charge on any atom is -0.350 e. The van der Waals surface area contributed by atoms with E-state index in [1.165, 1.54) is 4.90 Å². The third-order valence-electron chi connectivity index (χ3n) is 2.93. The van der Waals surface area contributed by atoms with Gasteiger partial charge >= 0.3 is 0 Å². The van der Waals surface area contributed by atoms with E-state index in [4.69, 9.17) is 5.73 Å². The first-order chi connectivity index (χ1) is 8.56. The fourth-order valence-electron chi connectivity index (χ4n) is 1.68. The topological polar surface area (TPSA) is 55.1 Å². The number of nitrogens with two attached hydrogens (primary N) is 1. The predicted molar refractivity (Wildman–Crippen MR) is 77.6 cm³/mol. The van der Waals surface area contributed by atoms with Gasteiger partial charge in [-0.05, 0) is 43.3 Å². The number of hydrogen-bond acceptors (Lipinski definition) is 3. The molecule has 2 unspecified atom stereocenters. The normalized spacial score (nSPS) is 14.0. The Bertz CT molecular complexity index is 378. The molecule has 0 radical (unpaired) electrons. The molecular weight excluding hydrogens is 244 g/mol. The number of carbonyl (C=O) groups excluding carboxylic acids is 1. The van der Waals surface area contributed by atoms with E-state index in [2.05, 4.69) is 35.8 Å². The summed E-state index contributed by atoms with van der Waals surface area (Å²) in [7, 11) is 0. The van der Waals surface area contributed by atoms with Crippen LogP contribution in [0, 0.1) is 5.92 Å². The molecule has 0 saturated carbocycles. The largest absolute Gasteiger partial charge is 0.350 e. The first kappa shape index (κ1) is 15.1. The summed E-state index contributed by atoms with van der Waals surface area (Å²) in [5, 5.41) is 3.00. The number of benzene rings is 1. The molecule has 4 heteroatoms. The third-order valence-corrected chi connectivity index (χ3v) is 3.67. The average Bonchev–Trinajstić information content (AvgIpc) is 2.38. The Balaban J connectivity index is 2.53. The maximum atomic E-state index is 11.7. The summed E-state index contributed by atoms with van der Waals surface area (Å²) in [4.78, 5) is 13.0. The smallest absolute Gasteiger partial charge is 0.220 e. The van der Waals surface area contributed by atoms with Crippen LogP contribution in [0.15, 0.2) is 29.2 Å². The van der Waals surface area contributed by atoms with E-state index in [1.54, 1.807) is 11.8 Å². The lowest BCUT2D eigenvalue weighted by molar-refractivity contribution is -0.122. The van der Waals surface area contributed by atoms with Crippen LogP contribution in [-0.2, 0) is 4.79 Å². The average molecular weight is 266 g/mol. The van der Waals surface area contributed by atoms with Crippen molar-refractivity contribution in [3.05, 3.63) is 29.8 Å². The molecule has 0 aliphatic heterocycles. The van der Waals surface area contributed by atoms with Crippen LogP contribution in [0.3, 0.4) is 0 Å². The summed E-state index contributed by atoms with van der Waals surface area (Å²) in [5.74, 6) is 0.297. The highest BCUT2D eigenvalue weighted by molar-refractivity contribution is 7.98. The molecule has 0 saturated heterocycles. The van der Waals surface area contributed by atoms with Crippen molar-refractivity contribution in [2.24, 2.45) is 11.7 Å². The fraction of sp³-hybridized carbons (Fsp3) is 0.500. The highest BCUT2D eigenvalue weighted by atomic mass is 32.2. The van der Waals surface area contributed by atoms with Gasteiger partial charge < -0.3 is 11.1 Å². The van der Waals surface area contributed by atoms with Crippen LogP contribution < -0.4 is 11.1 Å². The van der Waals surface area contributed by atoms with Gasteiger partial charge in [0, 0.05) is 11.3 Å². The van der Waals surface area contributed by atoms with Gasteiger partial charge in [0.15, 0.2) is 0 Å². The number of nitrogens with one attached hydrogen (secondary N) is 1. The summed E-state index contributed by atoms with van der Waals surface area (Å²) >= 11 is 1.71. The molecule has 1 aromatic carbocycles. The molecule has 2 atom stereocenters. The molecule has 1 amide bonds. The van der Waals surface area contributed by atoms with E-state index in [-0.39, 0.29) is 17.9 Å². The number of amides is 1. The van der Waals surface area contributed by atoms with Crippen molar-refractivity contribution in [1.82, 2.24) is 5.32 Å². The van der Waals surface area contributed by atoms with Crippen LogP contribution in [0.4, 0.5) is 0 Å². The molecule has 0 fully saturated rings. The molecule has 0 aliphatic carbocycles. The van der Waals surface area contributed by atoms with Gasteiger partial charge in [0.05, 0.1) is 6.04 Å². The lowest BCUT2D eigenvalue weighted by Gasteiger charge is -2.16. The van der Waals surface area contributed by atoms with Gasteiger partial charge in [-0.1, -0.05) is 19.1 Å². The van der Waals surface area contributed by atoms with Crippen LogP contribution in [0.1, 0.15) is 31.9 Å². The SMILES string of the molecule is CSc1ccc(C(C)NC(=O)CC(C)CN)cc1. The highest BCUT2D eigenvalue weighted by Crippen LogP contribution is 2.19. The Hall–Kier alpha value is -1.00. The van der Waals surface area contributed by atoms with Crippen molar-refractivity contribution in [2.75, 3.05) is 12.8 Å². The van der Waals surface area contributed by atoms with E-state index >= 15 is 0 Å². The zero-order valence-corrected chi connectivity index (χ0v) is 12.1. The molecule has 0 bridgehead atoms. The zero-order valence-electron chi connectivity index (χ0n) is 11.3. The van der Waals surface area contributed by atoms with Gasteiger partial charge in [-0.2, -0.15) is 0 Å². The predicted octanol–water partition coefficient (Wildman–Crippen LogP) is 2.57. The minimum atomic E-state index is 0.0402. The number of carbonyl (C=O) groups is 1. The summed E-state index contributed by atoms with van der Waals surface area (Å²) in [5.41, 5.74) is 6.64. The standard InChI is InChI=1S/C14H22N2OS/c1-10(9-15)8-14(17)16-11(2)12-4-6-13(18-3)7-5-12/h4-7,10-11H,8-9,15H2,1-3H3,(H,16,17). The van der Waals surface area contributed by atoms with Crippen molar-refractivity contribution in [3.63, 3.8) is 0 Å². The Morgan fingerprint density at radius 2 is 1.94 bits per heavy atom. The summed E-state index contributed by atoms with van der Waals surface area (Å²) in [6, 6.07) is 8.31. The van der Waals surface area contributed by atoms with Crippen LogP contribution in [0.5, 0.6) is 0 Å². The Kier molecular flexibility index (Phi) is 6.22. The van der Waals surface area contributed by atoms with Crippen LogP contribution in [0.2, 0.25) is 0 Å². The van der Waals surface area contributed by atoms with Crippen LogP contribution in [0.25, 0.3) is 0 Å². The van der Waals surface area contributed by atoms with Crippen molar-refractivity contribution in [1.29, 1.82) is 0 Å². The summed E-state index contributed by atoms with van der Waals surface area (Å²) in [6.45, 7) is 4.53. The number of hydrogen-bond donors (Lipinski definition) is 2. The third kappa shape index (κ3) is 4.70. The van der Waals surface area contributed by atoms with E-state index in [0.29, 0.717) is 13.0 Å². The molecule has 0 aromatic heterocycles. The number of rotatable bonds is 6. The molecule has 1 aromatic rings. The van der Waals surface area contributed by atoms with E-state index in [0.717, 1.165) is 5.56 Å². The van der Waals surface area contributed by atoms with E-state index in [9.17, 15) is 4.79 Å². The summed E-state index contributed by atoms with van der Waals surface area (Å²) in [6.07, 6.45) is 2.54. The molecule has 100 valence electrons. The van der Waals surface area contributed by atoms with Gasteiger partial charge in [-0.3, -0.25) is 4.79 Å². The molecule has 3 N–H and O–H groups in total. The van der Waals surface area contributed by atoms with Gasteiger partial charge in [0.2, 0.25) is 5.91 Å². The molecule has 18 heavy (non-hydrogen) atoms. The lowest BCUT2D eigenvalue weighted by atomic mass is 10.1. The minimum absolute atomic E-state index is 0.0402. The van der Waals surface area contributed by atoms with Gasteiger partial charge in [-0.15, -0.1) is 11.8 Å². The lowest BCUT2D eigenvalue weighted by Crippen LogP contribution is -2.29. The van der Waals surface area contributed by atoms with Crippen molar-refractivity contribution in [3.8, 4) is 0 Å². The van der Waals surface area contributed by atoms with Crippen molar-refractivity contribution in [2.45, 2.75) is 31.2 Å². The maximum Gasteiger partial charge on any atom is 0.220 e. The van der Waals surface area contributed by atoms with E-state index < -0.39 is 0 Å². The Labute approximate surface area is 114 Å². The molecule has 0 spiro atoms. The summed E-state index contributed by atoms with van der Waals surface area (Å²) < 4.78 is 0. The monoisotopic (exact) mass is 266 g/mol. The van der Waals surface area contributed by atoms with Crippen LogP contribution in [-0.4, -0.2) is 18.7 Å². The molecular formula is C14H22N2OS. The quantitative estimate of drug-likeness (QED) is 0.778. The van der Waals surface area contributed by atoms with Crippen LogP contribution >= 0.6 is 11.8 Å². The second-order valence-corrected chi connectivity index (χ2v) is 5.49. The Morgan fingerprint density at radius 3 is 2.44 bits per heavy atom. The first-order valence-corrected chi connectivity index (χ1v) is 7.42. The Morgan fingerprint density at radius 1 is 1.33 bits per heavy atom. The highest BCUT2D eigenvalue weighted by Gasteiger charge is 2.11. The fourth-order valence-corrected chi connectivity index (χ4v) is 2.08. The molecule has 0 heterocycles. The van der Waals surface area contributed by atoms with Crippen molar-refractivity contribution < 1.29 is 4.79 Å². The maximum absolute atomic E-state index is 11.7. The second-order valence-electron chi connectivity index (χ2n) is 4.61. The molecule has 3 nitrogen and oxygen atoms in total. The zero-order chi connectivity index (χ0) is 13.5. The molecule has 0 aliphatic rings.